The molecule has 0 aliphatic carbocycles. The van der Waals surface area contributed by atoms with E-state index >= 15 is 0 Å². The number of hydrogen-bond acceptors (Lipinski definition) is 3. The Kier molecular flexibility index (Phi) is 4.24. The largest absolute Gasteiger partial charge is 0.466 e. The molecule has 0 N–H and O–H groups in total. The van der Waals surface area contributed by atoms with Crippen molar-refractivity contribution < 1.29 is 14.3 Å². The third-order valence-corrected chi connectivity index (χ3v) is 3.84. The predicted octanol–water partition coefficient (Wildman–Crippen LogP) is 3.03. The summed E-state index contributed by atoms with van der Waals surface area (Å²) >= 11 is 0. The molecule has 1 heterocycles. The summed E-state index contributed by atoms with van der Waals surface area (Å²) in [7, 11) is 1.34. The minimum atomic E-state index is -0.396. The van der Waals surface area contributed by atoms with E-state index in [4.69, 9.17) is 0 Å². The molecule has 1 aliphatic heterocycles. The summed E-state index contributed by atoms with van der Waals surface area (Å²) in [6.07, 6.45) is 3.07. The molecule has 3 rings (SSSR count). The van der Waals surface area contributed by atoms with Crippen LogP contribution in [0.2, 0.25) is 0 Å². The average Bonchev–Trinajstić information content (AvgIpc) is 2.89. The van der Waals surface area contributed by atoms with Crippen molar-refractivity contribution in [2.24, 2.45) is 0 Å². The minimum absolute atomic E-state index is 0.0485. The van der Waals surface area contributed by atoms with Crippen LogP contribution in [0.1, 0.15) is 27.0 Å². The van der Waals surface area contributed by atoms with Gasteiger partial charge in [-0.15, -0.1) is 0 Å². The molecule has 116 valence electrons. The quantitative estimate of drug-likeness (QED) is 0.644. The first-order chi connectivity index (χ1) is 11.2. The second-order valence-corrected chi connectivity index (χ2v) is 5.42. The lowest BCUT2D eigenvalue weighted by atomic mass is 10.1. The molecule has 0 bridgehead atoms. The second kappa shape index (κ2) is 6.48. The van der Waals surface area contributed by atoms with Crippen molar-refractivity contribution in [3.63, 3.8) is 0 Å². The van der Waals surface area contributed by atoms with Crippen LogP contribution in [0, 0.1) is 0 Å². The van der Waals surface area contributed by atoms with Crippen molar-refractivity contribution in [1.82, 2.24) is 4.90 Å². The van der Waals surface area contributed by atoms with Crippen LogP contribution >= 0.6 is 0 Å². The molecule has 23 heavy (non-hydrogen) atoms. The van der Waals surface area contributed by atoms with Crippen molar-refractivity contribution in [2.45, 2.75) is 13.1 Å². The molecule has 0 saturated heterocycles. The van der Waals surface area contributed by atoms with Gasteiger partial charge in [0.05, 0.1) is 7.11 Å². The maximum absolute atomic E-state index is 12.5. The van der Waals surface area contributed by atoms with Gasteiger partial charge in [0.15, 0.2) is 0 Å². The van der Waals surface area contributed by atoms with E-state index in [-0.39, 0.29) is 5.91 Å². The second-order valence-electron chi connectivity index (χ2n) is 5.42. The van der Waals surface area contributed by atoms with Crippen molar-refractivity contribution in [1.29, 1.82) is 0 Å². The number of hydrogen-bond donors (Lipinski definition) is 0. The number of nitrogens with zero attached hydrogens (tertiary/aromatic N) is 1. The third kappa shape index (κ3) is 3.31. The fourth-order valence-electron chi connectivity index (χ4n) is 2.67. The van der Waals surface area contributed by atoms with Crippen LogP contribution in [-0.2, 0) is 22.6 Å². The number of carbonyl (C=O) groups excluding carboxylic acids is 2. The van der Waals surface area contributed by atoms with E-state index in [1.165, 1.54) is 13.2 Å². The Bertz CT molecular complexity index is 765. The summed E-state index contributed by atoms with van der Waals surface area (Å²) in [6.45, 7) is 1.19. The van der Waals surface area contributed by atoms with E-state index in [1.54, 1.807) is 6.08 Å². The lowest BCUT2D eigenvalue weighted by Gasteiger charge is -2.15. The molecule has 0 saturated carbocycles. The summed E-state index contributed by atoms with van der Waals surface area (Å²) in [5, 5.41) is 0. The fourth-order valence-corrected chi connectivity index (χ4v) is 2.67. The highest BCUT2D eigenvalue weighted by molar-refractivity contribution is 5.98. The molecule has 0 radical (unpaired) electrons. The van der Waals surface area contributed by atoms with E-state index in [1.807, 2.05) is 53.4 Å². The van der Waals surface area contributed by atoms with Crippen LogP contribution in [0.4, 0.5) is 0 Å². The van der Waals surface area contributed by atoms with Crippen LogP contribution in [0.5, 0.6) is 0 Å². The topological polar surface area (TPSA) is 46.6 Å². The van der Waals surface area contributed by atoms with Crippen molar-refractivity contribution in [2.75, 3.05) is 7.11 Å². The van der Waals surface area contributed by atoms with Gasteiger partial charge in [-0.2, -0.15) is 0 Å². The molecule has 0 fully saturated rings. The van der Waals surface area contributed by atoms with Crippen molar-refractivity contribution >= 4 is 18.0 Å². The fraction of sp³-hybridized carbons (Fsp3) is 0.158. The summed E-state index contributed by atoms with van der Waals surface area (Å²) < 4.78 is 4.58. The summed E-state index contributed by atoms with van der Waals surface area (Å²) in [5.41, 5.74) is 3.71. The Morgan fingerprint density at radius 1 is 1.22 bits per heavy atom. The zero-order valence-corrected chi connectivity index (χ0v) is 12.9. The van der Waals surface area contributed by atoms with Crippen LogP contribution in [0.3, 0.4) is 0 Å². The van der Waals surface area contributed by atoms with E-state index in [2.05, 4.69) is 4.74 Å². The van der Waals surface area contributed by atoms with Crippen LogP contribution in [-0.4, -0.2) is 23.9 Å². The zero-order valence-electron chi connectivity index (χ0n) is 12.9. The molecule has 1 amide bonds. The predicted molar refractivity (Wildman–Crippen MR) is 87.5 cm³/mol. The maximum Gasteiger partial charge on any atom is 0.330 e. The van der Waals surface area contributed by atoms with Crippen LogP contribution in [0.15, 0.2) is 54.6 Å². The number of benzene rings is 2. The average molecular weight is 307 g/mol. The summed E-state index contributed by atoms with van der Waals surface area (Å²) in [5.74, 6) is -0.348. The first-order valence-electron chi connectivity index (χ1n) is 7.39. The van der Waals surface area contributed by atoms with Gasteiger partial charge in [0, 0.05) is 24.7 Å². The normalized spacial score (nSPS) is 13.4. The SMILES string of the molecule is COC(=O)C=Cc1ccc2c(c1)CN(Cc1ccccc1)C2=O. The number of ether oxygens (including phenoxy) is 1. The molecule has 4 heteroatoms. The van der Waals surface area contributed by atoms with Gasteiger partial charge < -0.3 is 9.64 Å². The highest BCUT2D eigenvalue weighted by atomic mass is 16.5. The van der Waals surface area contributed by atoms with E-state index in [9.17, 15) is 9.59 Å². The maximum atomic E-state index is 12.5. The Labute approximate surface area is 135 Å². The third-order valence-electron chi connectivity index (χ3n) is 3.84. The van der Waals surface area contributed by atoms with E-state index in [0.717, 1.165) is 22.3 Å². The van der Waals surface area contributed by atoms with Crippen molar-refractivity contribution in [3.05, 3.63) is 76.9 Å². The number of carbonyl (C=O) groups is 2. The number of esters is 1. The molecular formula is C19H17NO3. The molecule has 0 atom stereocenters. The smallest absolute Gasteiger partial charge is 0.330 e. The van der Waals surface area contributed by atoms with Gasteiger partial charge in [-0.1, -0.05) is 36.4 Å². The molecule has 1 aliphatic rings. The highest BCUT2D eigenvalue weighted by Gasteiger charge is 2.27. The van der Waals surface area contributed by atoms with Gasteiger partial charge in [0.2, 0.25) is 0 Å². The Morgan fingerprint density at radius 2 is 2.00 bits per heavy atom. The van der Waals surface area contributed by atoms with Gasteiger partial charge in [-0.25, -0.2) is 4.79 Å². The lowest BCUT2D eigenvalue weighted by molar-refractivity contribution is -0.134. The van der Waals surface area contributed by atoms with Gasteiger partial charge in [0.1, 0.15) is 0 Å². The first kappa shape index (κ1) is 15.0. The number of methoxy groups -OCH3 is 1. The van der Waals surface area contributed by atoms with Gasteiger partial charge in [-0.3, -0.25) is 4.79 Å². The Hall–Kier alpha value is -2.88. The molecule has 2 aromatic carbocycles. The standard InChI is InChI=1S/C19H17NO3/c1-23-18(21)10-8-14-7-9-17-16(11-14)13-20(19(17)22)12-15-5-3-2-4-6-15/h2-11H,12-13H2,1H3. The van der Waals surface area contributed by atoms with Crippen molar-refractivity contribution in [3.8, 4) is 0 Å². The van der Waals surface area contributed by atoms with Crippen LogP contribution in [0.25, 0.3) is 6.08 Å². The molecule has 2 aromatic rings. The minimum Gasteiger partial charge on any atom is -0.466 e. The zero-order chi connectivity index (χ0) is 16.2. The Balaban J connectivity index is 1.77. The molecule has 0 spiro atoms. The molecule has 0 aromatic heterocycles. The van der Waals surface area contributed by atoms with Gasteiger partial charge in [0.25, 0.3) is 5.91 Å². The summed E-state index contributed by atoms with van der Waals surface area (Å²) in [6, 6.07) is 15.5. The molecular weight excluding hydrogens is 290 g/mol. The van der Waals surface area contributed by atoms with Gasteiger partial charge >= 0.3 is 5.97 Å². The lowest BCUT2D eigenvalue weighted by Crippen LogP contribution is -2.23. The summed E-state index contributed by atoms with van der Waals surface area (Å²) in [4.78, 5) is 25.4. The first-order valence-corrected chi connectivity index (χ1v) is 7.39. The molecule has 4 nitrogen and oxygen atoms in total. The monoisotopic (exact) mass is 307 g/mol. The molecule has 0 unspecified atom stereocenters. The number of fused-ring (bicyclic) bond motifs is 1. The Morgan fingerprint density at radius 3 is 2.74 bits per heavy atom. The van der Waals surface area contributed by atoms with Gasteiger partial charge in [-0.05, 0) is 34.9 Å². The highest BCUT2D eigenvalue weighted by Crippen LogP contribution is 2.25. The number of rotatable bonds is 4. The van der Waals surface area contributed by atoms with Crippen LogP contribution < -0.4 is 0 Å². The van der Waals surface area contributed by atoms with E-state index < -0.39 is 5.97 Å². The van der Waals surface area contributed by atoms with E-state index in [0.29, 0.717) is 13.1 Å². The number of amides is 1.